The van der Waals surface area contributed by atoms with Crippen LogP contribution in [0.3, 0.4) is 0 Å². The zero-order chi connectivity index (χ0) is 17.0. The second-order valence-corrected chi connectivity index (χ2v) is 6.83. The van der Waals surface area contributed by atoms with E-state index in [1.165, 1.54) is 5.56 Å². The molecule has 0 aliphatic heterocycles. The number of aromatic nitrogens is 2. The van der Waals surface area contributed by atoms with Gasteiger partial charge in [0.05, 0.1) is 5.69 Å². The van der Waals surface area contributed by atoms with Crippen molar-refractivity contribution < 1.29 is 9.90 Å². The van der Waals surface area contributed by atoms with Crippen LogP contribution in [0, 0.1) is 19.8 Å². The van der Waals surface area contributed by atoms with Crippen LogP contribution in [0.5, 0.6) is 0 Å². The number of hydrogen-bond acceptors (Lipinski definition) is 3. The maximum absolute atomic E-state index is 12.2. The first-order valence-corrected chi connectivity index (χ1v) is 8.59. The van der Waals surface area contributed by atoms with Gasteiger partial charge in [0.15, 0.2) is 0 Å². The molecule has 23 heavy (non-hydrogen) atoms. The summed E-state index contributed by atoms with van der Waals surface area (Å²) in [6.07, 6.45) is 4.97. The van der Waals surface area contributed by atoms with E-state index >= 15 is 0 Å². The largest absolute Gasteiger partial charge is 0.396 e. The van der Waals surface area contributed by atoms with Crippen LogP contribution in [-0.2, 0) is 13.5 Å². The summed E-state index contributed by atoms with van der Waals surface area (Å²) >= 11 is 0. The van der Waals surface area contributed by atoms with Gasteiger partial charge in [0.2, 0.25) is 0 Å². The molecule has 0 radical (unpaired) electrons. The molecular weight excluding hydrogens is 292 g/mol. The van der Waals surface area contributed by atoms with Gasteiger partial charge in [-0.25, -0.2) is 4.79 Å². The molecule has 0 saturated heterocycles. The Morgan fingerprint density at radius 3 is 2.70 bits per heavy atom. The summed E-state index contributed by atoms with van der Waals surface area (Å²) in [4.78, 5) is 12.2. The third-order valence-corrected chi connectivity index (χ3v) is 5.01. The van der Waals surface area contributed by atoms with Gasteiger partial charge in [-0.1, -0.05) is 12.8 Å². The number of rotatable bonds is 5. The minimum Gasteiger partial charge on any atom is -0.396 e. The van der Waals surface area contributed by atoms with Crippen molar-refractivity contribution in [2.75, 3.05) is 6.61 Å². The third kappa shape index (κ3) is 4.47. The minimum absolute atomic E-state index is 0.0350. The van der Waals surface area contributed by atoms with Gasteiger partial charge in [-0.05, 0) is 45.6 Å². The molecule has 0 spiro atoms. The summed E-state index contributed by atoms with van der Waals surface area (Å²) in [5.74, 6) is 0.188. The summed E-state index contributed by atoms with van der Waals surface area (Å²) in [6, 6.07) is -0.0161. The lowest BCUT2D eigenvalue weighted by atomic mass is 9.85. The molecule has 1 heterocycles. The van der Waals surface area contributed by atoms with Crippen LogP contribution in [-0.4, -0.2) is 39.6 Å². The Morgan fingerprint density at radius 1 is 1.39 bits per heavy atom. The molecule has 3 N–H and O–H groups in total. The Balaban J connectivity index is 1.87. The van der Waals surface area contributed by atoms with Gasteiger partial charge in [-0.3, -0.25) is 4.68 Å². The molecule has 1 aliphatic rings. The predicted molar refractivity (Wildman–Crippen MR) is 90.3 cm³/mol. The van der Waals surface area contributed by atoms with Crippen LogP contribution in [0.1, 0.15) is 49.6 Å². The van der Waals surface area contributed by atoms with Gasteiger partial charge in [0, 0.05) is 37.4 Å². The molecule has 0 aromatic carbocycles. The van der Waals surface area contributed by atoms with E-state index in [1.54, 1.807) is 0 Å². The van der Waals surface area contributed by atoms with Crippen LogP contribution in [0.2, 0.25) is 0 Å². The highest BCUT2D eigenvalue weighted by molar-refractivity contribution is 5.74. The van der Waals surface area contributed by atoms with Gasteiger partial charge in [-0.2, -0.15) is 5.10 Å². The molecule has 1 aromatic heterocycles. The zero-order valence-electron chi connectivity index (χ0n) is 14.7. The van der Waals surface area contributed by atoms with Crippen molar-refractivity contribution in [3.63, 3.8) is 0 Å². The topological polar surface area (TPSA) is 79.2 Å². The predicted octanol–water partition coefficient (Wildman–Crippen LogP) is 1.82. The van der Waals surface area contributed by atoms with Crippen LogP contribution in [0.4, 0.5) is 4.79 Å². The van der Waals surface area contributed by atoms with Crippen molar-refractivity contribution in [2.24, 2.45) is 13.0 Å². The fourth-order valence-corrected chi connectivity index (χ4v) is 3.52. The second-order valence-electron chi connectivity index (χ2n) is 6.83. The van der Waals surface area contributed by atoms with E-state index in [0.717, 1.165) is 43.5 Å². The van der Waals surface area contributed by atoms with Crippen molar-refractivity contribution in [3.05, 3.63) is 17.0 Å². The fourth-order valence-electron chi connectivity index (χ4n) is 3.52. The average Bonchev–Trinajstić information content (AvgIpc) is 2.74. The zero-order valence-corrected chi connectivity index (χ0v) is 14.7. The highest BCUT2D eigenvalue weighted by Crippen LogP contribution is 2.23. The number of nitrogens with zero attached hydrogens (tertiary/aromatic N) is 2. The first kappa shape index (κ1) is 17.8. The van der Waals surface area contributed by atoms with Crippen molar-refractivity contribution in [3.8, 4) is 0 Å². The Hall–Kier alpha value is -1.56. The molecule has 130 valence electrons. The lowest BCUT2D eigenvalue weighted by molar-refractivity contribution is 0.153. The van der Waals surface area contributed by atoms with E-state index in [0.29, 0.717) is 0 Å². The number of aliphatic hydroxyl groups excluding tert-OH is 1. The van der Waals surface area contributed by atoms with E-state index in [-0.39, 0.29) is 30.6 Å². The summed E-state index contributed by atoms with van der Waals surface area (Å²) in [5, 5.41) is 19.9. The SMILES string of the molecule is Cc1nn(C)c(C)c1CC(C)NC(=O)NC1CCCCC1CO. The van der Waals surface area contributed by atoms with Gasteiger partial charge < -0.3 is 15.7 Å². The molecule has 6 nitrogen and oxygen atoms in total. The lowest BCUT2D eigenvalue weighted by Crippen LogP contribution is -2.50. The Kier molecular flexibility index (Phi) is 6.04. The number of carbonyl (C=O) groups is 1. The normalized spacial score (nSPS) is 22.7. The maximum atomic E-state index is 12.2. The summed E-state index contributed by atoms with van der Waals surface area (Å²) < 4.78 is 1.88. The number of hydrogen-bond donors (Lipinski definition) is 3. The molecule has 1 saturated carbocycles. The molecule has 6 heteroatoms. The van der Waals surface area contributed by atoms with E-state index < -0.39 is 0 Å². The van der Waals surface area contributed by atoms with E-state index in [2.05, 4.69) is 22.7 Å². The van der Waals surface area contributed by atoms with Crippen molar-refractivity contribution in [2.45, 2.75) is 65.0 Å². The molecule has 1 fully saturated rings. The first-order chi connectivity index (χ1) is 10.9. The first-order valence-electron chi connectivity index (χ1n) is 8.59. The highest BCUT2D eigenvalue weighted by atomic mass is 16.3. The number of aliphatic hydroxyl groups is 1. The van der Waals surface area contributed by atoms with E-state index in [1.807, 2.05) is 25.6 Å². The Morgan fingerprint density at radius 2 is 2.09 bits per heavy atom. The maximum Gasteiger partial charge on any atom is 0.315 e. The van der Waals surface area contributed by atoms with Crippen LogP contribution in [0.25, 0.3) is 0 Å². The third-order valence-electron chi connectivity index (χ3n) is 5.01. The molecule has 1 aromatic rings. The van der Waals surface area contributed by atoms with E-state index in [4.69, 9.17) is 0 Å². The van der Waals surface area contributed by atoms with E-state index in [9.17, 15) is 9.90 Å². The Labute approximate surface area is 138 Å². The van der Waals surface area contributed by atoms with Crippen molar-refractivity contribution >= 4 is 6.03 Å². The van der Waals surface area contributed by atoms with Gasteiger partial charge in [0.1, 0.15) is 0 Å². The molecule has 0 bridgehead atoms. The smallest absolute Gasteiger partial charge is 0.315 e. The monoisotopic (exact) mass is 322 g/mol. The molecule has 3 unspecified atom stereocenters. The summed E-state index contributed by atoms with van der Waals surface area (Å²) in [6.45, 7) is 6.21. The molecule has 3 atom stereocenters. The number of amides is 2. The number of carbonyl (C=O) groups excluding carboxylic acids is 1. The second kappa shape index (κ2) is 7.81. The number of aryl methyl sites for hydroxylation is 2. The van der Waals surface area contributed by atoms with Crippen LogP contribution < -0.4 is 10.6 Å². The van der Waals surface area contributed by atoms with Crippen molar-refractivity contribution in [1.29, 1.82) is 0 Å². The van der Waals surface area contributed by atoms with Crippen molar-refractivity contribution in [1.82, 2.24) is 20.4 Å². The quantitative estimate of drug-likeness (QED) is 0.773. The minimum atomic E-state index is -0.137. The lowest BCUT2D eigenvalue weighted by Gasteiger charge is -2.31. The van der Waals surface area contributed by atoms with Gasteiger partial charge >= 0.3 is 6.03 Å². The molecule has 1 aliphatic carbocycles. The summed E-state index contributed by atoms with van der Waals surface area (Å²) in [5.41, 5.74) is 3.36. The Bertz CT molecular complexity index is 541. The molecular formula is C17H30N4O2. The number of nitrogens with one attached hydrogen (secondary N) is 2. The highest BCUT2D eigenvalue weighted by Gasteiger charge is 2.26. The fraction of sp³-hybridized carbons (Fsp3) is 0.765. The van der Waals surface area contributed by atoms with Gasteiger partial charge in [-0.15, -0.1) is 0 Å². The number of urea groups is 1. The molecule has 2 rings (SSSR count). The summed E-state index contributed by atoms with van der Waals surface area (Å²) in [7, 11) is 1.94. The molecule has 2 amide bonds. The van der Waals surface area contributed by atoms with Crippen LogP contribution in [0.15, 0.2) is 0 Å². The van der Waals surface area contributed by atoms with Crippen LogP contribution >= 0.6 is 0 Å². The standard InChI is InChI=1S/C17H30N4O2/c1-11(9-15-12(2)20-21(4)13(15)3)18-17(23)19-16-8-6-5-7-14(16)10-22/h11,14,16,22H,5-10H2,1-4H3,(H2,18,19,23). The van der Waals surface area contributed by atoms with Gasteiger partial charge in [0.25, 0.3) is 0 Å². The average molecular weight is 322 g/mol.